The zero-order valence-corrected chi connectivity index (χ0v) is 13.0. The van der Waals surface area contributed by atoms with Crippen LogP contribution in [0, 0.1) is 12.8 Å². The maximum absolute atomic E-state index is 12.2. The lowest BCUT2D eigenvalue weighted by molar-refractivity contribution is -0.145. The van der Waals surface area contributed by atoms with Gasteiger partial charge in [-0.3, -0.25) is 9.59 Å². The molecule has 2 rings (SSSR count). The molecule has 0 saturated carbocycles. The van der Waals surface area contributed by atoms with Gasteiger partial charge in [-0.05, 0) is 37.0 Å². The molecule has 0 spiro atoms. The Hall–Kier alpha value is -1.36. The highest BCUT2D eigenvalue weighted by molar-refractivity contribution is 9.10. The molecule has 4 nitrogen and oxygen atoms in total. The molecule has 5 heteroatoms. The van der Waals surface area contributed by atoms with Crippen molar-refractivity contribution in [2.24, 2.45) is 5.92 Å². The van der Waals surface area contributed by atoms with Gasteiger partial charge in [0.05, 0.1) is 12.3 Å². The average molecular weight is 340 g/mol. The van der Waals surface area contributed by atoms with Crippen molar-refractivity contribution in [3.63, 3.8) is 0 Å². The molecule has 1 aliphatic rings. The van der Waals surface area contributed by atoms with Crippen molar-refractivity contribution in [1.82, 2.24) is 4.90 Å². The number of hydrogen-bond donors (Lipinski definition) is 1. The molecule has 1 aromatic carbocycles. The number of carbonyl (C=O) groups excluding carboxylic acids is 1. The summed E-state index contributed by atoms with van der Waals surface area (Å²) in [5, 5.41) is 9.05. The van der Waals surface area contributed by atoms with Crippen LogP contribution in [0.5, 0.6) is 0 Å². The van der Waals surface area contributed by atoms with Crippen LogP contribution in [0.3, 0.4) is 0 Å². The van der Waals surface area contributed by atoms with Crippen molar-refractivity contribution in [3.05, 3.63) is 33.8 Å². The monoisotopic (exact) mass is 339 g/mol. The summed E-state index contributed by atoms with van der Waals surface area (Å²) in [5.41, 5.74) is 2.08. The molecule has 0 aromatic heterocycles. The summed E-state index contributed by atoms with van der Waals surface area (Å²) >= 11 is 3.46. The Morgan fingerprint density at radius 1 is 1.45 bits per heavy atom. The molecule has 108 valence electrons. The van der Waals surface area contributed by atoms with E-state index in [0.29, 0.717) is 25.9 Å². The average Bonchev–Trinajstić information content (AvgIpc) is 2.43. The van der Waals surface area contributed by atoms with Crippen LogP contribution < -0.4 is 0 Å². The quantitative estimate of drug-likeness (QED) is 0.920. The van der Waals surface area contributed by atoms with Crippen LogP contribution in [0.15, 0.2) is 22.7 Å². The number of hydrogen-bond acceptors (Lipinski definition) is 2. The number of likely N-dealkylation sites (tertiary alicyclic amines) is 1. The van der Waals surface area contributed by atoms with Crippen LogP contribution in [-0.2, 0) is 16.0 Å². The lowest BCUT2D eigenvalue weighted by Gasteiger charge is -2.30. The highest BCUT2D eigenvalue weighted by Gasteiger charge is 2.27. The van der Waals surface area contributed by atoms with E-state index in [1.54, 1.807) is 4.90 Å². The smallest absolute Gasteiger partial charge is 0.308 e. The van der Waals surface area contributed by atoms with Crippen LogP contribution in [0.1, 0.15) is 24.0 Å². The van der Waals surface area contributed by atoms with Gasteiger partial charge in [-0.15, -0.1) is 0 Å². The molecular weight excluding hydrogens is 322 g/mol. The molecule has 1 aromatic rings. The number of carbonyl (C=O) groups is 2. The summed E-state index contributed by atoms with van der Waals surface area (Å²) in [6, 6.07) is 5.87. The number of rotatable bonds is 3. The highest BCUT2D eigenvalue weighted by atomic mass is 79.9. The van der Waals surface area contributed by atoms with E-state index in [1.807, 2.05) is 25.1 Å². The zero-order chi connectivity index (χ0) is 14.7. The largest absolute Gasteiger partial charge is 0.481 e. The molecule has 1 fully saturated rings. The van der Waals surface area contributed by atoms with Gasteiger partial charge in [-0.1, -0.05) is 28.1 Å². The maximum Gasteiger partial charge on any atom is 0.308 e. The van der Waals surface area contributed by atoms with Crippen molar-refractivity contribution in [3.8, 4) is 0 Å². The summed E-state index contributed by atoms with van der Waals surface area (Å²) in [6.07, 6.45) is 1.75. The lowest BCUT2D eigenvalue weighted by atomic mass is 9.97. The van der Waals surface area contributed by atoms with Gasteiger partial charge < -0.3 is 10.0 Å². The van der Waals surface area contributed by atoms with E-state index in [0.717, 1.165) is 22.0 Å². The van der Waals surface area contributed by atoms with Gasteiger partial charge in [0.1, 0.15) is 0 Å². The Balaban J connectivity index is 2.00. The second-order valence-corrected chi connectivity index (χ2v) is 6.13. The number of benzene rings is 1. The van der Waals surface area contributed by atoms with Crippen LogP contribution in [0.25, 0.3) is 0 Å². The normalized spacial score (nSPS) is 18.9. The standard InChI is InChI=1S/C15H18BrNO3/c1-10-4-5-11(7-13(10)16)8-14(18)17-6-2-3-12(9-17)15(19)20/h4-5,7,12H,2-3,6,8-9H2,1H3,(H,19,20). The molecule has 1 amide bonds. The molecule has 0 radical (unpaired) electrons. The van der Waals surface area contributed by atoms with Gasteiger partial charge in [0.15, 0.2) is 0 Å². The molecule has 20 heavy (non-hydrogen) atoms. The molecule has 0 aliphatic carbocycles. The number of carboxylic acid groups (broad SMARTS) is 1. The molecule has 1 heterocycles. The van der Waals surface area contributed by atoms with Gasteiger partial charge in [0.25, 0.3) is 0 Å². The lowest BCUT2D eigenvalue weighted by Crippen LogP contribution is -2.43. The number of carboxylic acids is 1. The fraction of sp³-hybridized carbons (Fsp3) is 0.467. The summed E-state index contributed by atoms with van der Waals surface area (Å²) in [4.78, 5) is 24.9. The summed E-state index contributed by atoms with van der Waals surface area (Å²) in [5.74, 6) is -1.22. The topological polar surface area (TPSA) is 57.6 Å². The van der Waals surface area contributed by atoms with E-state index in [1.165, 1.54) is 0 Å². The number of nitrogens with zero attached hydrogens (tertiary/aromatic N) is 1. The third-order valence-electron chi connectivity index (χ3n) is 3.71. The Morgan fingerprint density at radius 3 is 2.85 bits per heavy atom. The predicted molar refractivity (Wildman–Crippen MR) is 79.5 cm³/mol. The first-order valence-electron chi connectivity index (χ1n) is 6.73. The number of piperidine rings is 1. The minimum atomic E-state index is -0.805. The summed E-state index contributed by atoms with van der Waals surface area (Å²) < 4.78 is 0.991. The fourth-order valence-corrected chi connectivity index (χ4v) is 2.86. The molecule has 1 saturated heterocycles. The van der Waals surface area contributed by atoms with E-state index in [4.69, 9.17) is 5.11 Å². The molecule has 1 aliphatic heterocycles. The summed E-state index contributed by atoms with van der Waals surface area (Å²) in [6.45, 7) is 2.99. The molecule has 1 N–H and O–H groups in total. The second kappa shape index (κ2) is 6.39. The van der Waals surface area contributed by atoms with Crippen molar-refractivity contribution in [2.75, 3.05) is 13.1 Å². The second-order valence-electron chi connectivity index (χ2n) is 5.28. The minimum absolute atomic E-state index is 0.00621. The minimum Gasteiger partial charge on any atom is -0.481 e. The van der Waals surface area contributed by atoms with Gasteiger partial charge >= 0.3 is 5.97 Å². The molecular formula is C15H18BrNO3. The Morgan fingerprint density at radius 2 is 2.20 bits per heavy atom. The van der Waals surface area contributed by atoms with Crippen LogP contribution in [-0.4, -0.2) is 35.0 Å². The van der Waals surface area contributed by atoms with E-state index in [9.17, 15) is 9.59 Å². The number of aryl methyl sites for hydroxylation is 1. The number of aliphatic carboxylic acids is 1. The SMILES string of the molecule is Cc1ccc(CC(=O)N2CCCC(C(=O)O)C2)cc1Br. The van der Waals surface area contributed by atoms with Crippen molar-refractivity contribution in [1.29, 1.82) is 0 Å². The summed E-state index contributed by atoms with van der Waals surface area (Å²) in [7, 11) is 0. The van der Waals surface area contributed by atoms with Gasteiger partial charge in [0, 0.05) is 17.6 Å². The zero-order valence-electron chi connectivity index (χ0n) is 11.4. The molecule has 0 bridgehead atoms. The van der Waals surface area contributed by atoms with Gasteiger partial charge in [0.2, 0.25) is 5.91 Å². The Bertz CT molecular complexity index is 530. The Labute approximate surface area is 126 Å². The van der Waals surface area contributed by atoms with E-state index >= 15 is 0 Å². The highest BCUT2D eigenvalue weighted by Crippen LogP contribution is 2.20. The maximum atomic E-state index is 12.2. The van der Waals surface area contributed by atoms with E-state index < -0.39 is 11.9 Å². The van der Waals surface area contributed by atoms with Crippen LogP contribution in [0.4, 0.5) is 0 Å². The fourth-order valence-electron chi connectivity index (χ4n) is 2.44. The van der Waals surface area contributed by atoms with Crippen LogP contribution in [0.2, 0.25) is 0 Å². The molecule has 1 unspecified atom stereocenters. The first-order chi connectivity index (χ1) is 9.47. The van der Waals surface area contributed by atoms with E-state index in [-0.39, 0.29) is 5.91 Å². The molecule has 1 atom stereocenters. The third-order valence-corrected chi connectivity index (χ3v) is 4.57. The Kier molecular flexibility index (Phi) is 4.81. The van der Waals surface area contributed by atoms with Gasteiger partial charge in [-0.25, -0.2) is 0 Å². The van der Waals surface area contributed by atoms with Crippen molar-refractivity contribution in [2.45, 2.75) is 26.2 Å². The number of halogens is 1. The van der Waals surface area contributed by atoms with Crippen molar-refractivity contribution >= 4 is 27.8 Å². The van der Waals surface area contributed by atoms with E-state index in [2.05, 4.69) is 15.9 Å². The number of amides is 1. The first-order valence-corrected chi connectivity index (χ1v) is 7.52. The predicted octanol–water partition coefficient (Wildman–Crippen LogP) is 2.62. The van der Waals surface area contributed by atoms with Crippen LogP contribution >= 0.6 is 15.9 Å². The third kappa shape index (κ3) is 3.60. The first kappa shape index (κ1) is 15.0. The van der Waals surface area contributed by atoms with Crippen molar-refractivity contribution < 1.29 is 14.7 Å². The van der Waals surface area contributed by atoms with Gasteiger partial charge in [-0.2, -0.15) is 0 Å².